The van der Waals surface area contributed by atoms with Gasteiger partial charge < -0.3 is 20.1 Å². The van der Waals surface area contributed by atoms with Crippen molar-refractivity contribution in [3.05, 3.63) is 71.3 Å². The summed E-state index contributed by atoms with van der Waals surface area (Å²) in [6.45, 7) is 6.22. The Morgan fingerprint density at radius 1 is 0.966 bits per heavy atom. The summed E-state index contributed by atoms with van der Waals surface area (Å²) in [5.74, 6) is 0.838. The van der Waals surface area contributed by atoms with Crippen LogP contribution in [0.5, 0.6) is 0 Å². The fourth-order valence-corrected chi connectivity index (χ4v) is 3.45. The second-order valence-electron chi connectivity index (χ2n) is 7.50. The summed E-state index contributed by atoms with van der Waals surface area (Å²) in [6, 6.07) is 19.2. The Bertz CT molecular complexity index is 773. The van der Waals surface area contributed by atoms with Crippen LogP contribution in [0.25, 0.3) is 0 Å². The second kappa shape index (κ2) is 11.0. The zero-order chi connectivity index (χ0) is 20.4. The zero-order valence-corrected chi connectivity index (χ0v) is 17.6. The second-order valence-corrected chi connectivity index (χ2v) is 7.50. The average molecular weight is 396 g/mol. The van der Waals surface area contributed by atoms with Gasteiger partial charge in [0.1, 0.15) is 0 Å². The topological polar surface area (TPSA) is 54.9 Å². The Balaban J connectivity index is 1.44. The van der Waals surface area contributed by atoms with Crippen molar-refractivity contribution in [1.82, 2.24) is 10.6 Å². The van der Waals surface area contributed by atoms with E-state index in [4.69, 9.17) is 9.47 Å². The number of nitrogens with one attached hydrogen (secondary N) is 2. The molecule has 1 aliphatic rings. The molecule has 0 atom stereocenters. The largest absolute Gasteiger partial charge is 0.379 e. The van der Waals surface area contributed by atoms with E-state index in [0.29, 0.717) is 19.8 Å². The van der Waals surface area contributed by atoms with Crippen LogP contribution in [-0.2, 0) is 28.0 Å². The Morgan fingerprint density at radius 3 is 2.45 bits per heavy atom. The molecule has 0 aromatic heterocycles. The van der Waals surface area contributed by atoms with E-state index in [9.17, 15) is 0 Å². The molecule has 2 aromatic carbocycles. The number of benzene rings is 2. The van der Waals surface area contributed by atoms with Gasteiger partial charge >= 0.3 is 0 Å². The molecule has 0 radical (unpaired) electrons. The summed E-state index contributed by atoms with van der Waals surface area (Å²) in [6.07, 6.45) is 2.46. The van der Waals surface area contributed by atoms with Gasteiger partial charge in [0.2, 0.25) is 0 Å². The summed E-state index contributed by atoms with van der Waals surface area (Å²) in [7, 11) is 1.82. The maximum atomic E-state index is 5.67. The molecule has 156 valence electrons. The first-order valence-electron chi connectivity index (χ1n) is 10.5. The quantitative estimate of drug-likeness (QED) is 0.347. The lowest BCUT2D eigenvalue weighted by molar-refractivity contribution is 0.0453. The molecule has 2 N–H and O–H groups in total. The number of aliphatic imine (C=N–C) groups is 1. The molecule has 1 saturated carbocycles. The molecule has 0 saturated heterocycles. The summed E-state index contributed by atoms with van der Waals surface area (Å²) in [5.41, 5.74) is 4.06. The van der Waals surface area contributed by atoms with Gasteiger partial charge in [-0.05, 0) is 36.5 Å². The monoisotopic (exact) mass is 395 g/mol. The van der Waals surface area contributed by atoms with Crippen molar-refractivity contribution in [1.29, 1.82) is 0 Å². The minimum absolute atomic E-state index is 0.262. The predicted molar refractivity (Wildman–Crippen MR) is 118 cm³/mol. The third-order valence-corrected chi connectivity index (χ3v) is 5.35. The van der Waals surface area contributed by atoms with Crippen LogP contribution >= 0.6 is 0 Å². The normalized spacial score (nSPS) is 15.2. The first-order chi connectivity index (χ1) is 14.3. The van der Waals surface area contributed by atoms with Crippen molar-refractivity contribution in [2.24, 2.45) is 4.99 Å². The molecule has 0 heterocycles. The zero-order valence-electron chi connectivity index (χ0n) is 17.6. The van der Waals surface area contributed by atoms with Gasteiger partial charge in [-0.15, -0.1) is 0 Å². The van der Waals surface area contributed by atoms with E-state index in [0.717, 1.165) is 25.7 Å². The molecular formula is C24H33N3O2. The van der Waals surface area contributed by atoms with Crippen LogP contribution in [0, 0.1) is 0 Å². The van der Waals surface area contributed by atoms with Crippen LogP contribution in [0.2, 0.25) is 0 Å². The number of hydrogen-bond acceptors (Lipinski definition) is 3. The molecule has 1 aliphatic carbocycles. The summed E-state index contributed by atoms with van der Waals surface area (Å²) >= 11 is 0. The van der Waals surface area contributed by atoms with Crippen LogP contribution < -0.4 is 10.6 Å². The van der Waals surface area contributed by atoms with E-state index < -0.39 is 0 Å². The first-order valence-corrected chi connectivity index (χ1v) is 10.5. The summed E-state index contributed by atoms with van der Waals surface area (Å²) in [4.78, 5) is 4.38. The lowest BCUT2D eigenvalue weighted by Gasteiger charge is -2.19. The first kappa shape index (κ1) is 21.3. The molecule has 0 unspecified atom stereocenters. The lowest BCUT2D eigenvalue weighted by atomic mass is 9.96. The van der Waals surface area contributed by atoms with Crippen LogP contribution in [0.4, 0.5) is 0 Å². The van der Waals surface area contributed by atoms with Crippen molar-refractivity contribution < 1.29 is 9.47 Å². The summed E-state index contributed by atoms with van der Waals surface area (Å²) < 4.78 is 11.0. The Kier molecular flexibility index (Phi) is 8.08. The highest BCUT2D eigenvalue weighted by atomic mass is 16.5. The van der Waals surface area contributed by atoms with Gasteiger partial charge in [-0.1, -0.05) is 54.6 Å². The van der Waals surface area contributed by atoms with Gasteiger partial charge in [0.15, 0.2) is 5.96 Å². The highest BCUT2D eigenvalue weighted by Crippen LogP contribution is 2.47. The van der Waals surface area contributed by atoms with E-state index in [1.165, 1.54) is 29.5 Å². The van der Waals surface area contributed by atoms with Gasteiger partial charge in [0.25, 0.3) is 0 Å². The highest BCUT2D eigenvalue weighted by molar-refractivity contribution is 5.79. The third-order valence-electron chi connectivity index (χ3n) is 5.35. The molecule has 5 nitrogen and oxygen atoms in total. The Labute approximate surface area is 174 Å². The van der Waals surface area contributed by atoms with Crippen molar-refractivity contribution in [3.63, 3.8) is 0 Å². The Morgan fingerprint density at radius 2 is 1.72 bits per heavy atom. The maximum Gasteiger partial charge on any atom is 0.191 e. The molecular weight excluding hydrogens is 362 g/mol. The van der Waals surface area contributed by atoms with Crippen LogP contribution in [0.3, 0.4) is 0 Å². The van der Waals surface area contributed by atoms with Crippen molar-refractivity contribution in [2.45, 2.75) is 38.3 Å². The van der Waals surface area contributed by atoms with Gasteiger partial charge in [-0.25, -0.2) is 0 Å². The van der Waals surface area contributed by atoms with Crippen molar-refractivity contribution in [3.8, 4) is 0 Å². The molecule has 2 aromatic rings. The number of rotatable bonds is 11. The van der Waals surface area contributed by atoms with E-state index in [1.54, 1.807) is 0 Å². The molecule has 3 rings (SSSR count). The number of hydrogen-bond donors (Lipinski definition) is 2. The SMILES string of the molecule is CCOCCOCc1cccc(CNC(=NC)NCC2(c3ccccc3)CC2)c1. The van der Waals surface area contributed by atoms with Gasteiger partial charge in [-0.3, -0.25) is 4.99 Å². The number of guanidine groups is 1. The fraction of sp³-hybridized carbons (Fsp3) is 0.458. The van der Waals surface area contributed by atoms with Crippen LogP contribution in [-0.4, -0.2) is 39.4 Å². The highest BCUT2D eigenvalue weighted by Gasteiger charge is 2.43. The molecule has 29 heavy (non-hydrogen) atoms. The molecule has 0 aliphatic heterocycles. The molecule has 0 bridgehead atoms. The predicted octanol–water partition coefficient (Wildman–Crippen LogP) is 3.64. The summed E-state index contributed by atoms with van der Waals surface area (Å²) in [5, 5.41) is 6.94. The van der Waals surface area contributed by atoms with Gasteiger partial charge in [-0.2, -0.15) is 0 Å². The molecule has 0 spiro atoms. The van der Waals surface area contributed by atoms with E-state index in [-0.39, 0.29) is 5.41 Å². The number of ether oxygens (including phenoxy) is 2. The minimum atomic E-state index is 0.262. The van der Waals surface area contributed by atoms with Crippen LogP contribution in [0.1, 0.15) is 36.5 Å². The van der Waals surface area contributed by atoms with Crippen molar-refractivity contribution >= 4 is 5.96 Å². The standard InChI is InChI=1S/C24H33N3O2/c1-3-28-14-15-29-18-21-9-7-8-20(16-21)17-26-23(25-2)27-19-24(12-13-24)22-10-5-4-6-11-22/h4-11,16H,3,12-15,17-19H2,1-2H3,(H2,25,26,27). The molecule has 1 fully saturated rings. The fourth-order valence-electron chi connectivity index (χ4n) is 3.45. The van der Waals surface area contributed by atoms with E-state index >= 15 is 0 Å². The maximum absolute atomic E-state index is 5.67. The van der Waals surface area contributed by atoms with Crippen LogP contribution in [0.15, 0.2) is 59.6 Å². The van der Waals surface area contributed by atoms with E-state index in [2.05, 4.69) is 70.2 Å². The Hall–Kier alpha value is -2.37. The van der Waals surface area contributed by atoms with Crippen molar-refractivity contribution in [2.75, 3.05) is 33.4 Å². The lowest BCUT2D eigenvalue weighted by Crippen LogP contribution is -2.40. The minimum Gasteiger partial charge on any atom is -0.379 e. The number of nitrogens with zero attached hydrogens (tertiary/aromatic N) is 1. The smallest absolute Gasteiger partial charge is 0.191 e. The molecule has 5 heteroatoms. The van der Waals surface area contributed by atoms with Gasteiger partial charge in [0, 0.05) is 32.2 Å². The van der Waals surface area contributed by atoms with Gasteiger partial charge in [0.05, 0.1) is 19.8 Å². The average Bonchev–Trinajstić information content (AvgIpc) is 3.56. The third kappa shape index (κ3) is 6.58. The molecule has 0 amide bonds. The van der Waals surface area contributed by atoms with E-state index in [1.807, 2.05) is 14.0 Å².